The standard InChI is InChI=1S/C60H106N8O12/c1-17-75-50(69)24-18-19-29-61-30-20-31-62(39-42-65(52(71)77-57(5,6)7)35-22-34-64(41-38-61)51(70)76-56(2,3)4)46-48-25-27-49(28-26-48)47-63-32-21-33-67(54(73)79-59(11,12)13)44-45-68(55(74)80-60(14,15)16)37-23-36-66(43-40-63)53(72)78-58(8,9)10/h25-28H,17-24,29-47H2,1-16H3. The van der Waals surface area contributed by atoms with Crippen LogP contribution in [0.1, 0.15) is 167 Å². The third-order valence-electron chi connectivity index (χ3n) is 12.8. The molecule has 20 heteroatoms. The molecule has 20 nitrogen and oxygen atoms in total. The number of hydrogen-bond donors (Lipinski definition) is 0. The van der Waals surface area contributed by atoms with Crippen molar-refractivity contribution in [1.82, 2.24) is 39.2 Å². The van der Waals surface area contributed by atoms with Crippen molar-refractivity contribution in [1.29, 1.82) is 0 Å². The van der Waals surface area contributed by atoms with Crippen LogP contribution in [0.2, 0.25) is 0 Å². The van der Waals surface area contributed by atoms with E-state index in [4.69, 9.17) is 28.4 Å². The second kappa shape index (κ2) is 32.5. The molecule has 0 aliphatic carbocycles. The number of hydrogen-bond acceptors (Lipinski definition) is 15. The van der Waals surface area contributed by atoms with Crippen LogP contribution in [0.15, 0.2) is 24.3 Å². The summed E-state index contributed by atoms with van der Waals surface area (Å²) in [6, 6.07) is 8.61. The number of carbonyl (C=O) groups excluding carboxylic acids is 6. The molecule has 3 rings (SSSR count). The lowest BCUT2D eigenvalue weighted by molar-refractivity contribution is -0.143. The van der Waals surface area contributed by atoms with Crippen molar-refractivity contribution < 1.29 is 57.2 Å². The summed E-state index contributed by atoms with van der Waals surface area (Å²) in [6.45, 7) is 39.3. The molecule has 0 radical (unpaired) electrons. The molecule has 2 aliphatic heterocycles. The number of nitrogens with zero attached hydrogens (tertiary/aromatic N) is 8. The van der Waals surface area contributed by atoms with Gasteiger partial charge in [-0.3, -0.25) is 14.6 Å². The molecule has 2 saturated heterocycles. The van der Waals surface area contributed by atoms with E-state index in [-0.39, 0.29) is 25.2 Å². The molecule has 0 N–H and O–H groups in total. The highest BCUT2D eigenvalue weighted by molar-refractivity contribution is 5.71. The number of esters is 1. The minimum absolute atomic E-state index is 0.190. The van der Waals surface area contributed by atoms with Gasteiger partial charge in [-0.05, 0) is 180 Å². The molecule has 0 spiro atoms. The minimum atomic E-state index is -0.720. The average Bonchev–Trinajstić information content (AvgIpc) is 3.30. The fourth-order valence-corrected chi connectivity index (χ4v) is 9.02. The Hall–Kier alpha value is -5.08. The molecular formula is C60H106N8O12. The van der Waals surface area contributed by atoms with E-state index in [1.807, 2.05) is 111 Å². The lowest BCUT2D eigenvalue weighted by Crippen LogP contribution is -2.47. The van der Waals surface area contributed by atoms with Crippen molar-refractivity contribution in [3.05, 3.63) is 35.4 Å². The number of unbranched alkanes of at least 4 members (excludes halogenated alkanes) is 1. The van der Waals surface area contributed by atoms with Crippen LogP contribution in [0.5, 0.6) is 0 Å². The summed E-state index contributed by atoms with van der Waals surface area (Å²) in [6.07, 6.45) is 2.20. The number of amides is 5. The van der Waals surface area contributed by atoms with E-state index in [1.54, 1.807) is 24.5 Å². The Morgan fingerprint density at radius 3 is 0.925 bits per heavy atom. The summed E-state index contributed by atoms with van der Waals surface area (Å²) in [5, 5.41) is 0. The Morgan fingerprint density at radius 1 is 0.362 bits per heavy atom. The zero-order chi connectivity index (χ0) is 59.9. The molecule has 80 heavy (non-hydrogen) atoms. The van der Waals surface area contributed by atoms with Gasteiger partial charge in [0.05, 0.1) is 6.61 Å². The highest BCUT2D eigenvalue weighted by Crippen LogP contribution is 2.19. The van der Waals surface area contributed by atoms with Gasteiger partial charge in [-0.1, -0.05) is 24.3 Å². The van der Waals surface area contributed by atoms with Crippen LogP contribution < -0.4 is 0 Å². The van der Waals surface area contributed by atoms with Gasteiger partial charge in [-0.15, -0.1) is 0 Å². The molecular weight excluding hydrogens is 1020 g/mol. The maximum atomic E-state index is 13.8. The van der Waals surface area contributed by atoms with Crippen LogP contribution in [-0.4, -0.2) is 222 Å². The summed E-state index contributed by atoms with van der Waals surface area (Å²) in [5.41, 5.74) is -1.28. The molecule has 0 bridgehead atoms. The normalized spacial score (nSPS) is 17.9. The Labute approximate surface area is 481 Å². The van der Waals surface area contributed by atoms with Crippen molar-refractivity contribution in [2.45, 2.75) is 197 Å². The zero-order valence-corrected chi connectivity index (χ0v) is 52.4. The first kappa shape index (κ1) is 69.2. The smallest absolute Gasteiger partial charge is 0.410 e. The molecule has 2 fully saturated rings. The lowest BCUT2D eigenvalue weighted by Gasteiger charge is -2.34. The predicted molar refractivity (Wildman–Crippen MR) is 311 cm³/mol. The number of ether oxygens (including phenoxy) is 6. The van der Waals surface area contributed by atoms with Crippen molar-refractivity contribution in [3.63, 3.8) is 0 Å². The van der Waals surface area contributed by atoms with Gasteiger partial charge in [0, 0.05) is 111 Å². The molecule has 0 saturated carbocycles. The summed E-state index contributed by atoms with van der Waals surface area (Å²) in [4.78, 5) is 95.9. The van der Waals surface area contributed by atoms with Gasteiger partial charge < -0.3 is 57.8 Å². The summed E-state index contributed by atoms with van der Waals surface area (Å²) in [7, 11) is 0. The van der Waals surface area contributed by atoms with Gasteiger partial charge >= 0.3 is 36.4 Å². The first-order valence-electron chi connectivity index (χ1n) is 29.5. The number of carbonyl (C=O) groups is 6. The first-order valence-corrected chi connectivity index (χ1v) is 29.5. The maximum Gasteiger partial charge on any atom is 0.410 e. The highest BCUT2D eigenvalue weighted by atomic mass is 16.6. The van der Waals surface area contributed by atoms with Crippen molar-refractivity contribution in [2.75, 3.05) is 118 Å². The monoisotopic (exact) mass is 1130 g/mol. The molecule has 0 aromatic heterocycles. The average molecular weight is 1130 g/mol. The van der Waals surface area contributed by atoms with E-state index in [0.29, 0.717) is 130 Å². The van der Waals surface area contributed by atoms with E-state index >= 15 is 0 Å². The van der Waals surface area contributed by atoms with Crippen molar-refractivity contribution in [3.8, 4) is 0 Å². The first-order chi connectivity index (χ1) is 37.2. The quantitative estimate of drug-likeness (QED) is 0.122. The molecule has 0 atom stereocenters. The highest BCUT2D eigenvalue weighted by Gasteiger charge is 2.30. The van der Waals surface area contributed by atoms with Gasteiger partial charge in [-0.2, -0.15) is 0 Å². The fourth-order valence-electron chi connectivity index (χ4n) is 9.02. The Balaban J connectivity index is 1.90. The Kier molecular flexibility index (Phi) is 28.1. The van der Waals surface area contributed by atoms with Gasteiger partial charge in [0.25, 0.3) is 0 Å². The number of benzene rings is 1. The Bertz CT molecular complexity index is 2060. The van der Waals surface area contributed by atoms with Crippen LogP contribution in [0.25, 0.3) is 0 Å². The van der Waals surface area contributed by atoms with Crippen LogP contribution in [0.4, 0.5) is 24.0 Å². The molecule has 2 heterocycles. The van der Waals surface area contributed by atoms with Gasteiger partial charge in [0.2, 0.25) is 0 Å². The van der Waals surface area contributed by atoms with Crippen molar-refractivity contribution in [2.24, 2.45) is 0 Å². The summed E-state index contributed by atoms with van der Waals surface area (Å²) >= 11 is 0. The maximum absolute atomic E-state index is 13.8. The van der Waals surface area contributed by atoms with Crippen molar-refractivity contribution >= 4 is 36.4 Å². The summed E-state index contributed by atoms with van der Waals surface area (Å²) in [5.74, 6) is -0.190. The second-order valence-electron chi connectivity index (χ2n) is 26.2. The molecule has 2 aliphatic rings. The topological polar surface area (TPSA) is 184 Å². The molecule has 458 valence electrons. The van der Waals surface area contributed by atoms with Gasteiger partial charge in [0.1, 0.15) is 28.0 Å². The van der Waals surface area contributed by atoms with Crippen LogP contribution in [0, 0.1) is 0 Å². The van der Waals surface area contributed by atoms with E-state index < -0.39 is 52.4 Å². The molecule has 1 aromatic rings. The van der Waals surface area contributed by atoms with Crippen LogP contribution in [0.3, 0.4) is 0 Å². The van der Waals surface area contributed by atoms with E-state index in [0.717, 1.165) is 43.6 Å². The van der Waals surface area contributed by atoms with Gasteiger partial charge in [0.15, 0.2) is 0 Å². The van der Waals surface area contributed by atoms with Crippen LogP contribution >= 0.6 is 0 Å². The SMILES string of the molecule is CCOC(=O)CCCCN1CCCN(Cc2ccc(CN3CCCN(C(=O)OC(C)(C)C)CCN(C(=O)OC(C)(C)C)CCCN(C(=O)OC(C)(C)C)CC3)cc2)CCN(C(=O)OC(C)(C)C)CCCN(C(=O)OC(C)(C)C)CC1. The third-order valence-corrected chi connectivity index (χ3v) is 12.8. The van der Waals surface area contributed by atoms with Crippen LogP contribution in [-0.2, 0) is 46.3 Å². The largest absolute Gasteiger partial charge is 0.466 e. The Morgan fingerprint density at radius 2 is 0.625 bits per heavy atom. The lowest BCUT2D eigenvalue weighted by atomic mass is 10.1. The molecule has 5 amide bonds. The second-order valence-corrected chi connectivity index (χ2v) is 26.2. The fraction of sp³-hybridized carbons (Fsp3) is 0.800. The van der Waals surface area contributed by atoms with E-state index in [2.05, 4.69) is 39.0 Å². The number of rotatable bonds is 10. The van der Waals surface area contributed by atoms with E-state index in [1.165, 1.54) is 0 Å². The molecule has 0 unspecified atom stereocenters. The predicted octanol–water partition coefficient (Wildman–Crippen LogP) is 10.1. The molecule has 1 aromatic carbocycles. The zero-order valence-electron chi connectivity index (χ0n) is 52.4. The minimum Gasteiger partial charge on any atom is -0.466 e. The third kappa shape index (κ3) is 30.1. The van der Waals surface area contributed by atoms with Gasteiger partial charge in [-0.25, -0.2) is 24.0 Å². The summed E-state index contributed by atoms with van der Waals surface area (Å²) < 4.78 is 34.4. The van der Waals surface area contributed by atoms with E-state index in [9.17, 15) is 28.8 Å².